The van der Waals surface area contributed by atoms with Crippen LogP contribution < -0.4 is 10.1 Å². The molecule has 0 fully saturated rings. The Morgan fingerprint density at radius 2 is 1.73 bits per heavy atom. The van der Waals surface area contributed by atoms with Crippen LogP contribution in [0, 0.1) is 19.8 Å². The number of ether oxygens (including phenoxy) is 1. The summed E-state index contributed by atoms with van der Waals surface area (Å²) < 4.78 is 5.75. The van der Waals surface area contributed by atoms with Gasteiger partial charge in [-0.1, -0.05) is 38.1 Å². The second-order valence-electron chi connectivity index (χ2n) is 6.35. The summed E-state index contributed by atoms with van der Waals surface area (Å²) in [6.07, 6.45) is 1.09. The monoisotopic (exact) mass is 297 g/mol. The lowest BCUT2D eigenvalue weighted by atomic mass is 10.1. The van der Waals surface area contributed by atoms with E-state index >= 15 is 0 Å². The molecule has 2 aromatic rings. The Hall–Kier alpha value is -1.96. The third-order valence-corrected chi connectivity index (χ3v) is 3.76. The van der Waals surface area contributed by atoms with Gasteiger partial charge in [0.2, 0.25) is 0 Å². The molecular weight excluding hydrogens is 270 g/mol. The van der Waals surface area contributed by atoms with Gasteiger partial charge in [-0.25, -0.2) is 0 Å². The van der Waals surface area contributed by atoms with Gasteiger partial charge in [-0.3, -0.25) is 0 Å². The molecule has 0 heterocycles. The van der Waals surface area contributed by atoms with Crippen molar-refractivity contribution in [2.24, 2.45) is 5.92 Å². The maximum atomic E-state index is 5.75. The first-order chi connectivity index (χ1) is 10.5. The first-order valence-electron chi connectivity index (χ1n) is 8.07. The summed E-state index contributed by atoms with van der Waals surface area (Å²) in [7, 11) is 0. The van der Waals surface area contributed by atoms with Crippen LogP contribution in [0.5, 0.6) is 5.75 Å². The van der Waals surface area contributed by atoms with Gasteiger partial charge in [0.1, 0.15) is 5.75 Å². The molecule has 0 aliphatic rings. The number of benzene rings is 2. The molecule has 0 unspecified atom stereocenters. The predicted octanol–water partition coefficient (Wildman–Crippen LogP) is 5.34. The molecule has 0 amide bonds. The molecule has 1 N–H and O–H groups in total. The molecule has 0 aliphatic carbocycles. The second kappa shape index (κ2) is 7.88. The molecule has 0 radical (unpaired) electrons. The lowest BCUT2D eigenvalue weighted by Crippen LogP contribution is -2.03. The van der Waals surface area contributed by atoms with Crippen LogP contribution in [-0.2, 0) is 6.54 Å². The number of aryl methyl sites for hydroxylation is 2. The summed E-state index contributed by atoms with van der Waals surface area (Å²) in [6.45, 7) is 10.3. The highest BCUT2D eigenvalue weighted by molar-refractivity contribution is 5.52. The van der Waals surface area contributed by atoms with Gasteiger partial charge in [0, 0.05) is 12.2 Å². The summed E-state index contributed by atoms with van der Waals surface area (Å²) in [6, 6.07) is 14.9. The molecule has 0 aliphatic heterocycles. The molecule has 2 rings (SSSR count). The van der Waals surface area contributed by atoms with Gasteiger partial charge in [0.25, 0.3) is 0 Å². The molecule has 2 aromatic carbocycles. The first kappa shape index (κ1) is 16.4. The molecule has 22 heavy (non-hydrogen) atoms. The highest BCUT2D eigenvalue weighted by Crippen LogP contribution is 2.18. The zero-order valence-electron chi connectivity index (χ0n) is 14.1. The fourth-order valence-electron chi connectivity index (χ4n) is 2.24. The number of rotatable bonds is 7. The Morgan fingerprint density at radius 1 is 1.00 bits per heavy atom. The summed E-state index contributed by atoms with van der Waals surface area (Å²) >= 11 is 0. The van der Waals surface area contributed by atoms with E-state index < -0.39 is 0 Å². The normalized spacial score (nSPS) is 10.8. The third-order valence-electron chi connectivity index (χ3n) is 3.76. The Balaban J connectivity index is 1.87. The number of anilines is 1. The van der Waals surface area contributed by atoms with E-state index in [1.54, 1.807) is 0 Å². The minimum atomic E-state index is 0.682. The largest absolute Gasteiger partial charge is 0.494 e. The van der Waals surface area contributed by atoms with Crippen LogP contribution in [0.15, 0.2) is 42.5 Å². The van der Waals surface area contributed by atoms with Gasteiger partial charge in [0.05, 0.1) is 6.61 Å². The van der Waals surface area contributed by atoms with Crippen molar-refractivity contribution in [1.82, 2.24) is 0 Å². The predicted molar refractivity (Wildman–Crippen MR) is 94.6 cm³/mol. The van der Waals surface area contributed by atoms with Gasteiger partial charge in [-0.05, 0) is 61.1 Å². The van der Waals surface area contributed by atoms with E-state index in [0.717, 1.165) is 25.3 Å². The smallest absolute Gasteiger partial charge is 0.119 e. The zero-order valence-corrected chi connectivity index (χ0v) is 14.1. The van der Waals surface area contributed by atoms with E-state index in [1.807, 2.05) is 0 Å². The van der Waals surface area contributed by atoms with Crippen molar-refractivity contribution in [3.05, 3.63) is 59.2 Å². The Labute approximate surface area is 134 Å². The second-order valence-corrected chi connectivity index (χ2v) is 6.35. The average molecular weight is 297 g/mol. The van der Waals surface area contributed by atoms with E-state index in [0.29, 0.717) is 5.92 Å². The van der Waals surface area contributed by atoms with Crippen molar-refractivity contribution >= 4 is 5.69 Å². The fourth-order valence-corrected chi connectivity index (χ4v) is 2.24. The van der Waals surface area contributed by atoms with Gasteiger partial charge >= 0.3 is 0 Å². The van der Waals surface area contributed by atoms with Crippen LogP contribution in [0.1, 0.15) is 37.0 Å². The highest BCUT2D eigenvalue weighted by Gasteiger charge is 2.00. The van der Waals surface area contributed by atoms with E-state index in [1.165, 1.54) is 22.4 Å². The molecule has 118 valence electrons. The van der Waals surface area contributed by atoms with Gasteiger partial charge < -0.3 is 10.1 Å². The SMILES string of the molecule is Cc1ccc(C)c(NCc2ccc(OCCC(C)C)cc2)c1. The number of nitrogens with one attached hydrogen (secondary N) is 1. The van der Waals surface area contributed by atoms with E-state index in [4.69, 9.17) is 4.74 Å². The molecule has 0 bridgehead atoms. The molecule has 0 atom stereocenters. The van der Waals surface area contributed by atoms with Crippen LogP contribution in [-0.4, -0.2) is 6.61 Å². The molecule has 0 aromatic heterocycles. The van der Waals surface area contributed by atoms with Crippen LogP contribution in [0.25, 0.3) is 0 Å². The summed E-state index contributed by atoms with van der Waals surface area (Å²) in [5, 5.41) is 3.51. The molecule has 0 saturated carbocycles. The van der Waals surface area contributed by atoms with E-state index in [-0.39, 0.29) is 0 Å². The summed E-state index contributed by atoms with van der Waals surface area (Å²) in [5.41, 5.74) is 5.02. The average Bonchev–Trinajstić information content (AvgIpc) is 2.49. The lowest BCUT2D eigenvalue weighted by molar-refractivity contribution is 0.289. The molecule has 0 spiro atoms. The topological polar surface area (TPSA) is 21.3 Å². The van der Waals surface area contributed by atoms with E-state index in [9.17, 15) is 0 Å². The van der Waals surface area contributed by atoms with Crippen molar-refractivity contribution < 1.29 is 4.74 Å². The molecular formula is C20H27NO. The molecule has 0 saturated heterocycles. The maximum absolute atomic E-state index is 5.75. The quantitative estimate of drug-likeness (QED) is 0.744. The van der Waals surface area contributed by atoms with Crippen LogP contribution in [0.3, 0.4) is 0 Å². The maximum Gasteiger partial charge on any atom is 0.119 e. The Kier molecular flexibility index (Phi) is 5.88. The van der Waals surface area contributed by atoms with Crippen molar-refractivity contribution in [2.45, 2.75) is 40.7 Å². The lowest BCUT2D eigenvalue weighted by Gasteiger charge is -2.12. The minimum absolute atomic E-state index is 0.682. The van der Waals surface area contributed by atoms with Crippen molar-refractivity contribution in [1.29, 1.82) is 0 Å². The van der Waals surface area contributed by atoms with Crippen molar-refractivity contribution in [3.8, 4) is 5.75 Å². The third kappa shape index (κ3) is 5.10. The highest BCUT2D eigenvalue weighted by atomic mass is 16.5. The number of hydrogen-bond acceptors (Lipinski definition) is 2. The van der Waals surface area contributed by atoms with E-state index in [2.05, 4.69) is 75.5 Å². The van der Waals surface area contributed by atoms with Crippen molar-refractivity contribution in [2.75, 3.05) is 11.9 Å². The first-order valence-corrected chi connectivity index (χ1v) is 8.07. The van der Waals surface area contributed by atoms with Crippen LogP contribution in [0.4, 0.5) is 5.69 Å². The zero-order chi connectivity index (χ0) is 15.9. The number of hydrogen-bond donors (Lipinski definition) is 1. The summed E-state index contributed by atoms with van der Waals surface area (Å²) in [5.74, 6) is 1.64. The van der Waals surface area contributed by atoms with Crippen LogP contribution in [0.2, 0.25) is 0 Å². The standard InChI is InChI=1S/C20H27NO/c1-15(2)11-12-22-19-9-7-18(8-10-19)14-21-20-13-16(3)5-6-17(20)4/h5-10,13,15,21H,11-12,14H2,1-4H3. The van der Waals surface area contributed by atoms with Gasteiger partial charge in [-0.2, -0.15) is 0 Å². The molecule has 2 heteroatoms. The van der Waals surface area contributed by atoms with Gasteiger partial charge in [0.15, 0.2) is 0 Å². The minimum Gasteiger partial charge on any atom is -0.494 e. The Morgan fingerprint density at radius 3 is 2.41 bits per heavy atom. The van der Waals surface area contributed by atoms with Gasteiger partial charge in [-0.15, -0.1) is 0 Å². The van der Waals surface area contributed by atoms with Crippen LogP contribution >= 0.6 is 0 Å². The Bertz CT molecular complexity index is 587. The van der Waals surface area contributed by atoms with Crippen molar-refractivity contribution in [3.63, 3.8) is 0 Å². The summed E-state index contributed by atoms with van der Waals surface area (Å²) in [4.78, 5) is 0. The molecule has 2 nitrogen and oxygen atoms in total. The fraction of sp³-hybridized carbons (Fsp3) is 0.400.